The molecule has 2 aliphatic rings. The van der Waals surface area contributed by atoms with Crippen molar-refractivity contribution in [1.82, 2.24) is 0 Å². The van der Waals surface area contributed by atoms with Crippen LogP contribution < -0.4 is 0 Å². The molecule has 2 rings (SSSR count). The first-order valence-electron chi connectivity index (χ1n) is 14.7. The minimum absolute atomic E-state index is 0.854. The van der Waals surface area contributed by atoms with E-state index in [1.54, 1.807) is 0 Å². The summed E-state index contributed by atoms with van der Waals surface area (Å²) in [7, 11) is 0. The lowest BCUT2D eigenvalue weighted by Gasteiger charge is -2.56. The summed E-state index contributed by atoms with van der Waals surface area (Å²) in [6.45, 7) is 26.3. The Balaban J connectivity index is 2.15. The molecular formula is C30H59B. The van der Waals surface area contributed by atoms with Crippen LogP contribution in [0.4, 0.5) is 0 Å². The van der Waals surface area contributed by atoms with Gasteiger partial charge in [-0.3, -0.25) is 0 Å². The molecule has 182 valence electrons. The number of rotatable bonds is 12. The summed E-state index contributed by atoms with van der Waals surface area (Å²) in [5.74, 6) is 10.2. The minimum Gasteiger partial charge on any atom is -0.0688 e. The molecule has 0 aromatic carbocycles. The maximum absolute atomic E-state index is 2.66. The van der Waals surface area contributed by atoms with Gasteiger partial charge in [0.2, 0.25) is 0 Å². The van der Waals surface area contributed by atoms with Crippen molar-refractivity contribution in [2.24, 2.45) is 47.3 Å². The summed E-state index contributed by atoms with van der Waals surface area (Å²) < 4.78 is 0. The molecule has 0 bridgehead atoms. The van der Waals surface area contributed by atoms with Gasteiger partial charge in [0.05, 0.1) is 0 Å². The third-order valence-corrected chi connectivity index (χ3v) is 11.3. The minimum atomic E-state index is 0.854. The summed E-state index contributed by atoms with van der Waals surface area (Å²) in [4.78, 5) is 0. The van der Waals surface area contributed by atoms with Crippen molar-refractivity contribution >= 4 is 6.71 Å². The van der Waals surface area contributed by atoms with Crippen molar-refractivity contribution < 1.29 is 0 Å². The predicted molar refractivity (Wildman–Crippen MR) is 143 cm³/mol. The molecule has 0 spiro atoms. The van der Waals surface area contributed by atoms with Crippen LogP contribution in [0.25, 0.3) is 0 Å². The highest BCUT2D eigenvalue weighted by molar-refractivity contribution is 6.67. The average molecular weight is 431 g/mol. The van der Waals surface area contributed by atoms with Crippen LogP contribution in [0.2, 0.25) is 17.5 Å². The maximum atomic E-state index is 2.66. The molecule has 11 atom stereocenters. The number of hydrogen-bond donors (Lipinski definition) is 0. The van der Waals surface area contributed by atoms with E-state index in [0.29, 0.717) is 0 Å². The van der Waals surface area contributed by atoms with E-state index in [2.05, 4.69) is 69.2 Å². The van der Waals surface area contributed by atoms with Gasteiger partial charge in [0.15, 0.2) is 0 Å². The van der Waals surface area contributed by atoms with E-state index in [1.165, 1.54) is 57.8 Å². The molecule has 1 saturated heterocycles. The van der Waals surface area contributed by atoms with Crippen molar-refractivity contribution in [3.8, 4) is 0 Å². The normalized spacial score (nSPS) is 35.0. The lowest BCUT2D eigenvalue weighted by Crippen LogP contribution is -2.52. The van der Waals surface area contributed by atoms with Crippen LogP contribution in [0.15, 0.2) is 0 Å². The Labute approximate surface area is 198 Å². The first kappa shape index (κ1) is 27.3. The highest BCUT2D eigenvalue weighted by Crippen LogP contribution is 2.61. The second-order valence-corrected chi connectivity index (χ2v) is 12.8. The van der Waals surface area contributed by atoms with E-state index in [0.717, 1.165) is 71.5 Å². The third-order valence-electron chi connectivity index (χ3n) is 11.3. The van der Waals surface area contributed by atoms with Crippen LogP contribution in [-0.2, 0) is 0 Å². The molecule has 1 heterocycles. The molecule has 0 aromatic heterocycles. The molecule has 0 radical (unpaired) electrons. The van der Waals surface area contributed by atoms with E-state index < -0.39 is 0 Å². The van der Waals surface area contributed by atoms with Gasteiger partial charge < -0.3 is 0 Å². The van der Waals surface area contributed by atoms with Gasteiger partial charge in [-0.2, -0.15) is 0 Å². The van der Waals surface area contributed by atoms with E-state index in [1.807, 2.05) is 0 Å². The summed E-state index contributed by atoms with van der Waals surface area (Å²) in [5, 5.41) is 0. The van der Waals surface area contributed by atoms with Crippen LogP contribution in [0.3, 0.4) is 0 Å². The van der Waals surface area contributed by atoms with Gasteiger partial charge in [0.25, 0.3) is 0 Å². The third kappa shape index (κ3) is 6.35. The second kappa shape index (κ2) is 12.5. The van der Waals surface area contributed by atoms with Gasteiger partial charge in [-0.1, -0.05) is 132 Å². The molecule has 0 nitrogen and oxygen atoms in total. The Hall–Kier alpha value is 0.0649. The second-order valence-electron chi connectivity index (χ2n) is 12.8. The van der Waals surface area contributed by atoms with Crippen molar-refractivity contribution in [2.75, 3.05) is 0 Å². The summed E-state index contributed by atoms with van der Waals surface area (Å²) in [5.41, 5.74) is 0. The first-order valence-corrected chi connectivity index (χ1v) is 14.7. The monoisotopic (exact) mass is 430 g/mol. The topological polar surface area (TPSA) is 0 Å². The first-order chi connectivity index (χ1) is 14.7. The predicted octanol–water partition coefficient (Wildman–Crippen LogP) is 10.3. The molecular weight excluding hydrogens is 371 g/mol. The summed E-state index contributed by atoms with van der Waals surface area (Å²) >= 11 is 0. The highest BCUT2D eigenvalue weighted by Gasteiger charge is 2.54. The standard InChI is InChI=1S/C30H59B/c1-11-20(4)18-30-28(19-23(7)27-17-15-14-16-22(27)6)26(10)31(30)29(13-3)25(9)24(8)21(5)12-2/h20-30H,11-19H2,1-10H3. The molecule has 1 aliphatic carbocycles. The molecule has 1 aliphatic heterocycles. The van der Waals surface area contributed by atoms with Crippen LogP contribution >= 0.6 is 0 Å². The van der Waals surface area contributed by atoms with E-state index in [4.69, 9.17) is 0 Å². The zero-order chi connectivity index (χ0) is 23.3. The highest BCUT2D eigenvalue weighted by atomic mass is 14.4. The zero-order valence-corrected chi connectivity index (χ0v) is 23.3. The SMILES string of the molecule is CCC(C)CC1B(C(CC)C(C)C(C)C(C)CC)C(C)C1CC(C)C1CCCCC1C. The largest absolute Gasteiger partial charge is 0.150 e. The Morgan fingerprint density at radius 2 is 1.42 bits per heavy atom. The Kier molecular flexibility index (Phi) is 11.0. The quantitative estimate of drug-likeness (QED) is 0.270. The van der Waals surface area contributed by atoms with Crippen LogP contribution in [0, 0.1) is 47.3 Å². The van der Waals surface area contributed by atoms with Crippen LogP contribution in [-0.4, -0.2) is 6.71 Å². The van der Waals surface area contributed by atoms with Gasteiger partial charge in [-0.25, -0.2) is 0 Å². The van der Waals surface area contributed by atoms with Gasteiger partial charge in [0, 0.05) is 0 Å². The van der Waals surface area contributed by atoms with Crippen molar-refractivity contribution in [3.63, 3.8) is 0 Å². The van der Waals surface area contributed by atoms with Gasteiger partial charge in [-0.15, -0.1) is 0 Å². The van der Waals surface area contributed by atoms with Gasteiger partial charge in [-0.05, 0) is 60.2 Å². The van der Waals surface area contributed by atoms with Crippen LogP contribution in [0.5, 0.6) is 0 Å². The fourth-order valence-corrected chi connectivity index (χ4v) is 8.33. The van der Waals surface area contributed by atoms with Crippen molar-refractivity contribution in [3.05, 3.63) is 0 Å². The Morgan fingerprint density at radius 1 is 0.774 bits per heavy atom. The van der Waals surface area contributed by atoms with E-state index >= 15 is 0 Å². The maximum Gasteiger partial charge on any atom is 0.150 e. The van der Waals surface area contributed by atoms with E-state index in [-0.39, 0.29) is 0 Å². The fraction of sp³-hybridized carbons (Fsp3) is 1.00. The molecule has 31 heavy (non-hydrogen) atoms. The Morgan fingerprint density at radius 3 is 1.97 bits per heavy atom. The van der Waals surface area contributed by atoms with Crippen molar-refractivity contribution in [2.45, 2.75) is 144 Å². The van der Waals surface area contributed by atoms with Crippen LogP contribution in [0.1, 0.15) is 127 Å². The summed E-state index contributed by atoms with van der Waals surface area (Å²) in [6.07, 6.45) is 13.0. The molecule has 0 amide bonds. The van der Waals surface area contributed by atoms with Gasteiger partial charge >= 0.3 is 0 Å². The van der Waals surface area contributed by atoms with Gasteiger partial charge in [0.1, 0.15) is 6.71 Å². The lowest BCUT2D eigenvalue weighted by atomic mass is 9.13. The summed E-state index contributed by atoms with van der Waals surface area (Å²) in [6, 6.07) is 0. The number of hydrogen-bond acceptors (Lipinski definition) is 0. The molecule has 1 saturated carbocycles. The fourth-order valence-electron chi connectivity index (χ4n) is 8.33. The average Bonchev–Trinajstić information content (AvgIpc) is 2.78. The van der Waals surface area contributed by atoms with Crippen molar-refractivity contribution in [1.29, 1.82) is 0 Å². The lowest BCUT2D eigenvalue weighted by molar-refractivity contribution is 0.146. The smallest absolute Gasteiger partial charge is 0.0688 e. The van der Waals surface area contributed by atoms with E-state index in [9.17, 15) is 0 Å². The zero-order valence-electron chi connectivity index (χ0n) is 23.3. The molecule has 11 unspecified atom stereocenters. The molecule has 0 N–H and O–H groups in total. The molecule has 2 fully saturated rings. The molecule has 0 aromatic rings. The Bertz CT molecular complexity index is 501. The molecule has 1 heteroatoms.